The lowest BCUT2D eigenvalue weighted by Crippen LogP contribution is -2.28. The fourth-order valence-electron chi connectivity index (χ4n) is 3.49. The normalized spacial score (nSPS) is 12.2. The van der Waals surface area contributed by atoms with Gasteiger partial charge in [-0.2, -0.15) is 4.37 Å². The Bertz CT molecular complexity index is 1230. The van der Waals surface area contributed by atoms with Crippen molar-refractivity contribution in [3.05, 3.63) is 54.9 Å². The molecule has 0 fully saturated rings. The summed E-state index contributed by atoms with van der Waals surface area (Å²) in [7, 11) is -1.84. The largest absolute Gasteiger partial charge is 0.355 e. The first-order valence-electron chi connectivity index (χ1n) is 10.0. The second-order valence-electron chi connectivity index (χ2n) is 7.23. The molecule has 30 heavy (non-hydrogen) atoms. The zero-order valence-corrected chi connectivity index (χ0v) is 18.5. The van der Waals surface area contributed by atoms with Gasteiger partial charge in [-0.05, 0) is 24.3 Å². The van der Waals surface area contributed by atoms with Crippen LogP contribution in [0.3, 0.4) is 0 Å². The minimum absolute atomic E-state index is 0.376. The van der Waals surface area contributed by atoms with Gasteiger partial charge in [-0.15, -0.1) is 0 Å². The summed E-state index contributed by atoms with van der Waals surface area (Å²) in [5, 5.41) is 5.04. The smallest absolute Gasteiger partial charge is 0.243 e. The van der Waals surface area contributed by atoms with Gasteiger partial charge in [0.05, 0.1) is 4.90 Å². The van der Waals surface area contributed by atoms with Gasteiger partial charge in [0.1, 0.15) is 0 Å². The Morgan fingerprint density at radius 2 is 1.87 bits per heavy atom. The number of hydrogen-bond donors (Lipinski definition) is 1. The summed E-state index contributed by atoms with van der Waals surface area (Å²) in [5.41, 5.74) is 0. The van der Waals surface area contributed by atoms with E-state index in [4.69, 9.17) is 0 Å². The number of rotatable bonds is 10. The third-order valence-corrected chi connectivity index (χ3v) is 7.81. The van der Waals surface area contributed by atoms with E-state index < -0.39 is 10.0 Å². The van der Waals surface area contributed by atoms with Crippen LogP contribution in [0, 0.1) is 0 Å². The number of nitrogens with one attached hydrogen (secondary N) is 1. The van der Waals surface area contributed by atoms with Crippen LogP contribution in [0.1, 0.15) is 25.7 Å². The highest BCUT2D eigenvalue weighted by Crippen LogP contribution is 2.25. The summed E-state index contributed by atoms with van der Waals surface area (Å²) in [5.74, 6) is 0.827. The number of imidazole rings is 1. The average Bonchev–Trinajstić information content (AvgIpc) is 3.37. The molecule has 4 aromatic rings. The molecule has 0 aliphatic rings. The Hall–Kier alpha value is -2.49. The lowest BCUT2D eigenvalue weighted by molar-refractivity contribution is 0.451. The maximum absolute atomic E-state index is 13.0. The predicted octanol–water partition coefficient (Wildman–Crippen LogP) is 4.24. The molecule has 9 heteroatoms. The summed E-state index contributed by atoms with van der Waals surface area (Å²) in [6.45, 7) is 1.35. The van der Waals surface area contributed by atoms with Crippen molar-refractivity contribution in [2.75, 3.05) is 25.5 Å². The fraction of sp³-hybridized carbons (Fsp3) is 0.333. The lowest BCUT2D eigenvalue weighted by atomic mass is 10.1. The first-order valence-corrected chi connectivity index (χ1v) is 12.3. The van der Waals surface area contributed by atoms with Crippen molar-refractivity contribution >= 4 is 43.2 Å². The summed E-state index contributed by atoms with van der Waals surface area (Å²) < 4.78 is 33.8. The Kier molecular flexibility index (Phi) is 6.31. The molecule has 0 saturated heterocycles. The van der Waals surface area contributed by atoms with Gasteiger partial charge in [0.25, 0.3) is 0 Å². The van der Waals surface area contributed by atoms with Crippen molar-refractivity contribution in [3.8, 4) is 0 Å². The van der Waals surface area contributed by atoms with Crippen LogP contribution in [0.2, 0.25) is 0 Å². The topological polar surface area (TPSA) is 79.6 Å². The van der Waals surface area contributed by atoms with Gasteiger partial charge in [-0.3, -0.25) is 4.40 Å². The van der Waals surface area contributed by atoms with Crippen molar-refractivity contribution in [2.45, 2.75) is 30.6 Å². The van der Waals surface area contributed by atoms with E-state index in [1.807, 2.05) is 40.9 Å². The van der Waals surface area contributed by atoms with E-state index in [9.17, 15) is 8.42 Å². The summed E-state index contributed by atoms with van der Waals surface area (Å²) in [6.07, 6.45) is 7.52. The van der Waals surface area contributed by atoms with E-state index in [0.29, 0.717) is 11.4 Å². The Morgan fingerprint density at radius 3 is 2.77 bits per heavy atom. The van der Waals surface area contributed by atoms with Crippen molar-refractivity contribution in [1.82, 2.24) is 18.1 Å². The Labute approximate surface area is 180 Å². The molecule has 0 bridgehead atoms. The highest BCUT2D eigenvalue weighted by molar-refractivity contribution is 7.89. The quantitative estimate of drug-likeness (QED) is 0.371. The molecule has 0 amide bonds. The molecule has 0 radical (unpaired) electrons. The third-order valence-electron chi connectivity index (χ3n) is 5.17. The molecule has 2 heterocycles. The molecule has 7 nitrogen and oxygen atoms in total. The number of sulfonamides is 1. The van der Waals surface area contributed by atoms with Crippen LogP contribution in [0.5, 0.6) is 0 Å². The number of hydrogen-bond acceptors (Lipinski definition) is 6. The molecule has 0 spiro atoms. The standard InChI is InChI=1S/C21H25N5O2S2/c1-25(30(27,28)19-12-8-10-17-9-4-5-11-18(17)19)15-7-3-2-6-13-22-20-24-29-21-23-14-16-26(20)21/h4-5,8-12,14,16H,2-3,6-7,13,15H2,1H3,(H,22,24). The number of anilines is 1. The number of nitrogens with zero attached hydrogens (tertiary/aromatic N) is 4. The number of benzene rings is 2. The SMILES string of the molecule is CN(CCCCCCNc1nsc2nccn12)S(=O)(=O)c1cccc2ccccc12. The van der Waals surface area contributed by atoms with Crippen LogP contribution < -0.4 is 5.32 Å². The van der Waals surface area contributed by atoms with Crippen molar-refractivity contribution in [3.63, 3.8) is 0 Å². The van der Waals surface area contributed by atoms with E-state index in [1.165, 1.54) is 15.8 Å². The molecule has 2 aromatic carbocycles. The molecule has 158 valence electrons. The molecule has 0 saturated carbocycles. The minimum atomic E-state index is -3.50. The molecule has 2 aromatic heterocycles. The summed E-state index contributed by atoms with van der Waals surface area (Å²) in [4.78, 5) is 5.47. The number of fused-ring (bicyclic) bond motifs is 2. The van der Waals surface area contributed by atoms with E-state index in [0.717, 1.165) is 53.9 Å². The molecule has 4 rings (SSSR count). The molecular weight excluding hydrogens is 418 g/mol. The summed E-state index contributed by atoms with van der Waals surface area (Å²) in [6, 6.07) is 13.0. The van der Waals surface area contributed by atoms with Crippen LogP contribution in [0.4, 0.5) is 5.95 Å². The second kappa shape index (κ2) is 9.11. The zero-order valence-electron chi connectivity index (χ0n) is 16.9. The van der Waals surface area contributed by atoms with Gasteiger partial charge in [0.2, 0.25) is 20.9 Å². The van der Waals surface area contributed by atoms with E-state index in [-0.39, 0.29) is 0 Å². The van der Waals surface area contributed by atoms with Gasteiger partial charge >= 0.3 is 0 Å². The second-order valence-corrected chi connectivity index (χ2v) is 9.97. The van der Waals surface area contributed by atoms with E-state index in [2.05, 4.69) is 14.7 Å². The first-order chi connectivity index (χ1) is 14.6. The maximum atomic E-state index is 13.0. The molecular formula is C21H25N5O2S2. The van der Waals surface area contributed by atoms with Crippen molar-refractivity contribution in [2.24, 2.45) is 0 Å². The Morgan fingerprint density at radius 1 is 1.07 bits per heavy atom. The monoisotopic (exact) mass is 443 g/mol. The summed E-state index contributed by atoms with van der Waals surface area (Å²) >= 11 is 1.37. The van der Waals surface area contributed by atoms with Crippen LogP contribution >= 0.6 is 11.5 Å². The van der Waals surface area contributed by atoms with Crippen molar-refractivity contribution in [1.29, 1.82) is 0 Å². The molecule has 0 unspecified atom stereocenters. The molecule has 0 atom stereocenters. The van der Waals surface area contributed by atoms with Crippen LogP contribution in [-0.2, 0) is 10.0 Å². The predicted molar refractivity (Wildman–Crippen MR) is 122 cm³/mol. The number of aromatic nitrogens is 3. The molecule has 0 aliphatic heterocycles. The van der Waals surface area contributed by atoms with E-state index >= 15 is 0 Å². The lowest BCUT2D eigenvalue weighted by Gasteiger charge is -2.18. The average molecular weight is 444 g/mol. The van der Waals surface area contributed by atoms with Crippen LogP contribution in [0.15, 0.2) is 59.8 Å². The van der Waals surface area contributed by atoms with Gasteiger partial charge in [-0.25, -0.2) is 17.7 Å². The van der Waals surface area contributed by atoms with Gasteiger partial charge in [0.15, 0.2) is 0 Å². The maximum Gasteiger partial charge on any atom is 0.243 e. The van der Waals surface area contributed by atoms with Crippen LogP contribution in [0.25, 0.3) is 15.7 Å². The van der Waals surface area contributed by atoms with Gasteiger partial charge in [0, 0.05) is 49.4 Å². The molecule has 0 aliphatic carbocycles. The Balaban J connectivity index is 1.23. The highest BCUT2D eigenvalue weighted by atomic mass is 32.2. The minimum Gasteiger partial charge on any atom is -0.355 e. The first kappa shape index (κ1) is 20.8. The van der Waals surface area contributed by atoms with Gasteiger partial charge < -0.3 is 5.32 Å². The zero-order chi connectivity index (χ0) is 21.0. The van der Waals surface area contributed by atoms with Crippen LogP contribution in [-0.4, -0.2) is 46.6 Å². The number of unbranched alkanes of at least 4 members (excludes halogenated alkanes) is 3. The third kappa shape index (κ3) is 4.33. The molecule has 1 N–H and O–H groups in total. The van der Waals surface area contributed by atoms with Crippen molar-refractivity contribution < 1.29 is 8.42 Å². The highest BCUT2D eigenvalue weighted by Gasteiger charge is 2.22. The van der Waals surface area contributed by atoms with E-state index in [1.54, 1.807) is 25.4 Å². The fourth-order valence-corrected chi connectivity index (χ4v) is 5.57. The van der Waals surface area contributed by atoms with Gasteiger partial charge in [-0.1, -0.05) is 49.2 Å².